The first-order valence-corrected chi connectivity index (χ1v) is 21.5. The van der Waals surface area contributed by atoms with Gasteiger partial charge in [0.2, 0.25) is 5.91 Å². The monoisotopic (exact) mass is 660 g/mol. The molecule has 3 rings (SSSR count). The quantitative estimate of drug-likeness (QED) is 0.296. The highest BCUT2D eigenvalue weighted by Crippen LogP contribution is 2.52. The van der Waals surface area contributed by atoms with Gasteiger partial charge in [-0.05, 0) is 43.2 Å². The normalized spacial score (nSPS) is 26.1. The molecule has 13 nitrogen and oxygen atoms in total. The standard InChI is InChI=1S/C27H48N4O9SSi2/c1-17-14-31(24(34)30(8)22(17)33)23-21(39-43(11,12)26(5,6)7)27(18(29-13-20(28)32)16-41(35,36)40-27)19(38-23)15-37-42(9,10)25(2,3)4/h14,16,19,21,23,29H,13,15H2,1-12H3,(H2,28,32). The summed E-state index contributed by atoms with van der Waals surface area (Å²) >= 11 is 0. The van der Waals surface area contributed by atoms with E-state index in [-0.39, 0.29) is 27.9 Å². The van der Waals surface area contributed by atoms with Crippen LogP contribution in [0.25, 0.3) is 0 Å². The van der Waals surface area contributed by atoms with E-state index in [1.807, 2.05) is 47.0 Å². The van der Waals surface area contributed by atoms with E-state index in [2.05, 4.69) is 26.1 Å². The van der Waals surface area contributed by atoms with Crippen LogP contribution in [-0.2, 0) is 39.7 Å². The van der Waals surface area contributed by atoms with Gasteiger partial charge in [-0.3, -0.25) is 18.7 Å². The molecule has 16 heteroatoms. The molecule has 0 saturated carbocycles. The number of nitrogens with zero attached hydrogens (tertiary/aromatic N) is 2. The Kier molecular flexibility index (Phi) is 9.36. The van der Waals surface area contributed by atoms with Crippen LogP contribution < -0.4 is 22.3 Å². The van der Waals surface area contributed by atoms with Gasteiger partial charge >= 0.3 is 5.69 Å². The lowest BCUT2D eigenvalue weighted by atomic mass is 9.89. The first-order chi connectivity index (χ1) is 19.3. The van der Waals surface area contributed by atoms with Crippen LogP contribution in [0.5, 0.6) is 0 Å². The van der Waals surface area contributed by atoms with Gasteiger partial charge in [0.25, 0.3) is 15.7 Å². The van der Waals surface area contributed by atoms with E-state index in [0.29, 0.717) is 0 Å². The number of hydrogen-bond donors (Lipinski definition) is 2. The maximum atomic E-state index is 13.5. The van der Waals surface area contributed by atoms with Crippen LogP contribution in [0, 0.1) is 6.92 Å². The second-order valence-electron chi connectivity index (χ2n) is 14.5. The van der Waals surface area contributed by atoms with Gasteiger partial charge in [-0.1, -0.05) is 41.5 Å². The van der Waals surface area contributed by atoms with Crippen molar-refractivity contribution in [1.29, 1.82) is 0 Å². The van der Waals surface area contributed by atoms with Crippen molar-refractivity contribution in [3.8, 4) is 0 Å². The third kappa shape index (κ3) is 6.65. The lowest BCUT2D eigenvalue weighted by molar-refractivity contribution is -0.117. The van der Waals surface area contributed by atoms with Gasteiger partial charge in [0.05, 0.1) is 24.3 Å². The van der Waals surface area contributed by atoms with E-state index >= 15 is 0 Å². The van der Waals surface area contributed by atoms with Gasteiger partial charge in [-0.2, -0.15) is 8.42 Å². The zero-order valence-corrected chi connectivity index (χ0v) is 30.2. The maximum Gasteiger partial charge on any atom is 0.332 e. The summed E-state index contributed by atoms with van der Waals surface area (Å²) in [4.78, 5) is 38.0. The first-order valence-electron chi connectivity index (χ1n) is 14.2. The molecule has 2 aliphatic rings. The number of hydrogen-bond acceptors (Lipinski definition) is 10. The van der Waals surface area contributed by atoms with Crippen LogP contribution in [0.2, 0.25) is 36.3 Å². The number of nitrogens with two attached hydrogens (primary N) is 1. The number of primary amides is 1. The van der Waals surface area contributed by atoms with Crippen LogP contribution in [0.3, 0.4) is 0 Å². The summed E-state index contributed by atoms with van der Waals surface area (Å²) in [5.74, 6) is -0.725. The number of rotatable bonds is 9. The number of carbonyl (C=O) groups excluding carboxylic acids is 1. The summed E-state index contributed by atoms with van der Waals surface area (Å²) in [6, 6.07) is 0. The highest BCUT2D eigenvalue weighted by molar-refractivity contribution is 7.90. The van der Waals surface area contributed by atoms with Crippen molar-refractivity contribution < 1.29 is 31.0 Å². The third-order valence-corrected chi connectivity index (χ3v) is 19.2. The van der Waals surface area contributed by atoms with Crippen molar-refractivity contribution >= 4 is 32.7 Å². The predicted octanol–water partition coefficient (Wildman–Crippen LogP) is 2.18. The van der Waals surface area contributed by atoms with Gasteiger partial charge in [0.15, 0.2) is 28.5 Å². The summed E-state index contributed by atoms with van der Waals surface area (Å²) < 4.78 is 54.6. The molecule has 0 aromatic carbocycles. The minimum absolute atomic E-state index is 0.0101. The van der Waals surface area contributed by atoms with Crippen LogP contribution in [0.15, 0.2) is 26.9 Å². The van der Waals surface area contributed by atoms with Crippen molar-refractivity contribution in [1.82, 2.24) is 14.5 Å². The van der Waals surface area contributed by atoms with Crippen LogP contribution >= 0.6 is 0 Å². The molecule has 4 unspecified atom stereocenters. The molecule has 0 aliphatic carbocycles. The number of ether oxygens (including phenoxy) is 1. The van der Waals surface area contributed by atoms with Gasteiger partial charge in [0.1, 0.15) is 12.2 Å². The van der Waals surface area contributed by atoms with Crippen LogP contribution in [0.1, 0.15) is 53.3 Å². The Bertz CT molecular complexity index is 1520. The predicted molar refractivity (Wildman–Crippen MR) is 168 cm³/mol. The molecule has 1 saturated heterocycles. The Labute approximate surface area is 256 Å². The SMILES string of the molecule is Cc1cn(C2OC(CO[Si](C)(C)C(C)(C)C)C3(OS(=O)(=O)C=C3NCC(N)=O)C2O[Si](C)(C)C(C)(C)C)c(=O)n(C)c1=O. The minimum atomic E-state index is -4.32. The third-order valence-electron chi connectivity index (χ3n) is 9.24. The highest BCUT2D eigenvalue weighted by atomic mass is 32.2. The smallest absolute Gasteiger partial charge is 0.332 e. The maximum absolute atomic E-state index is 13.5. The molecule has 1 spiro atoms. The van der Waals surface area contributed by atoms with Gasteiger partial charge < -0.3 is 24.6 Å². The average Bonchev–Trinajstić information content (AvgIpc) is 3.28. The van der Waals surface area contributed by atoms with Crippen LogP contribution in [0.4, 0.5) is 0 Å². The number of amides is 1. The first kappa shape index (κ1) is 35.4. The van der Waals surface area contributed by atoms with Crippen molar-refractivity contribution in [2.45, 2.75) is 109 Å². The van der Waals surface area contributed by atoms with E-state index in [1.165, 1.54) is 17.8 Å². The second kappa shape index (κ2) is 11.4. The Morgan fingerprint density at radius 3 is 2.16 bits per heavy atom. The van der Waals surface area contributed by atoms with Crippen molar-refractivity contribution in [3.05, 3.63) is 43.7 Å². The summed E-state index contributed by atoms with van der Waals surface area (Å²) in [7, 11) is -8.13. The van der Waals surface area contributed by atoms with E-state index < -0.39 is 74.5 Å². The van der Waals surface area contributed by atoms with Crippen molar-refractivity contribution in [2.75, 3.05) is 13.2 Å². The lowest BCUT2D eigenvalue weighted by Crippen LogP contribution is -2.60. The number of carbonyl (C=O) groups is 1. The van der Waals surface area contributed by atoms with Gasteiger partial charge in [-0.15, -0.1) is 0 Å². The molecule has 1 amide bonds. The molecule has 244 valence electrons. The number of aryl methyl sites for hydroxylation is 1. The second-order valence-corrected chi connectivity index (χ2v) is 25.4. The van der Waals surface area contributed by atoms with Gasteiger partial charge in [-0.25, -0.2) is 8.98 Å². The molecule has 4 atom stereocenters. The lowest BCUT2D eigenvalue weighted by Gasteiger charge is -2.44. The molecule has 43 heavy (non-hydrogen) atoms. The fraction of sp³-hybridized carbons (Fsp3) is 0.741. The Morgan fingerprint density at radius 1 is 1.09 bits per heavy atom. The van der Waals surface area contributed by atoms with E-state index in [1.54, 1.807) is 6.92 Å². The van der Waals surface area contributed by atoms with Crippen molar-refractivity contribution in [2.24, 2.45) is 12.8 Å². The Balaban J connectivity index is 2.35. The molecule has 1 aromatic heterocycles. The fourth-order valence-electron chi connectivity index (χ4n) is 4.56. The fourth-order valence-corrected chi connectivity index (χ4v) is 8.13. The molecule has 1 fully saturated rings. The molecule has 1 aromatic rings. The number of aromatic nitrogens is 2. The highest BCUT2D eigenvalue weighted by Gasteiger charge is 2.68. The van der Waals surface area contributed by atoms with Crippen LogP contribution in [-0.4, -0.2) is 71.1 Å². The molecule has 0 bridgehead atoms. The van der Waals surface area contributed by atoms with E-state index in [9.17, 15) is 22.8 Å². The van der Waals surface area contributed by atoms with E-state index in [0.717, 1.165) is 9.98 Å². The summed E-state index contributed by atoms with van der Waals surface area (Å²) in [6.45, 7) is 21.4. The van der Waals surface area contributed by atoms with Crippen molar-refractivity contribution in [3.63, 3.8) is 0 Å². The minimum Gasteiger partial charge on any atom is -0.414 e. The van der Waals surface area contributed by atoms with E-state index in [4.69, 9.17) is 23.5 Å². The molecule has 2 aliphatic heterocycles. The number of nitrogens with one attached hydrogen (secondary N) is 1. The largest absolute Gasteiger partial charge is 0.414 e. The zero-order chi connectivity index (χ0) is 33.1. The summed E-state index contributed by atoms with van der Waals surface area (Å²) in [5.41, 5.74) is 2.68. The molecule has 3 N–H and O–H groups in total. The molecule has 0 radical (unpaired) electrons. The Hall–Kier alpha value is -2.09. The zero-order valence-electron chi connectivity index (χ0n) is 27.4. The van der Waals surface area contributed by atoms with Gasteiger partial charge in [0, 0.05) is 18.8 Å². The molecular weight excluding hydrogens is 613 g/mol. The topological polar surface area (TPSA) is 170 Å². The molecular formula is C27H48N4O9SSi2. The molecule has 3 heterocycles. The summed E-state index contributed by atoms with van der Waals surface area (Å²) in [6.07, 6.45) is -2.19. The average molecular weight is 661 g/mol. The Morgan fingerprint density at radius 2 is 1.65 bits per heavy atom. The summed E-state index contributed by atoms with van der Waals surface area (Å²) in [5, 5.41) is 3.22.